The molecule has 8 heteroatoms. The zero-order valence-corrected chi connectivity index (χ0v) is 16.0. The molecule has 7 nitrogen and oxygen atoms in total. The van der Waals surface area contributed by atoms with Crippen molar-refractivity contribution in [2.75, 3.05) is 5.75 Å². The molecule has 0 radical (unpaired) electrons. The average Bonchev–Trinajstić information content (AvgIpc) is 2.77. The van der Waals surface area contributed by atoms with E-state index in [-0.39, 0.29) is 22.9 Å². The van der Waals surface area contributed by atoms with Gasteiger partial charge in [0.1, 0.15) is 0 Å². The van der Waals surface area contributed by atoms with Gasteiger partial charge in [-0.15, -0.1) is 11.8 Å². The van der Waals surface area contributed by atoms with Gasteiger partial charge in [-0.05, 0) is 29.3 Å². The summed E-state index contributed by atoms with van der Waals surface area (Å²) in [5, 5.41) is 10.8. The van der Waals surface area contributed by atoms with Crippen LogP contribution in [0.5, 0.6) is 0 Å². The van der Waals surface area contributed by atoms with Crippen molar-refractivity contribution in [2.24, 2.45) is 0 Å². The number of nitrogens with zero attached hydrogens (tertiary/aromatic N) is 1. The Balaban J connectivity index is 1.48. The van der Waals surface area contributed by atoms with Gasteiger partial charge < -0.3 is 0 Å². The number of non-ortho nitro benzene ring substituents is 1. The number of hydrogen-bond donors (Lipinski definition) is 2. The topological polar surface area (TPSA) is 101 Å². The Bertz CT molecular complexity index is 1020. The molecule has 0 bridgehead atoms. The molecule has 0 fully saturated rings. The Hall–Kier alpha value is -3.65. The molecule has 0 aromatic heterocycles. The number of thioether (sulfide) groups is 1. The van der Waals surface area contributed by atoms with Gasteiger partial charge in [0, 0.05) is 22.6 Å². The first-order chi connectivity index (χ1) is 14.0. The lowest BCUT2D eigenvalue weighted by Gasteiger charge is -2.08. The number of hydrazine groups is 1. The number of nitro benzene ring substituents is 1. The molecule has 0 spiro atoms. The summed E-state index contributed by atoms with van der Waals surface area (Å²) in [7, 11) is 0. The van der Waals surface area contributed by atoms with Gasteiger partial charge in [-0.2, -0.15) is 0 Å². The largest absolute Gasteiger partial charge is 0.272 e. The van der Waals surface area contributed by atoms with E-state index in [1.165, 1.54) is 30.0 Å². The normalized spacial score (nSPS) is 10.2. The fraction of sp³-hybridized carbons (Fsp3) is 0.0476. The summed E-state index contributed by atoms with van der Waals surface area (Å²) in [4.78, 5) is 35.1. The Kier molecular flexibility index (Phi) is 6.59. The van der Waals surface area contributed by atoms with Crippen molar-refractivity contribution < 1.29 is 14.5 Å². The minimum absolute atomic E-state index is 0.0867. The summed E-state index contributed by atoms with van der Waals surface area (Å²) in [6.07, 6.45) is 0. The third-order valence-corrected chi connectivity index (χ3v) is 4.98. The van der Waals surface area contributed by atoms with E-state index >= 15 is 0 Å². The van der Waals surface area contributed by atoms with E-state index in [1.54, 1.807) is 0 Å². The quantitative estimate of drug-likeness (QED) is 0.368. The summed E-state index contributed by atoms with van der Waals surface area (Å²) in [5.74, 6) is -0.903. The van der Waals surface area contributed by atoms with Gasteiger partial charge in [-0.1, -0.05) is 48.5 Å². The lowest BCUT2D eigenvalue weighted by Crippen LogP contribution is -2.42. The van der Waals surface area contributed by atoms with Crippen molar-refractivity contribution >= 4 is 29.3 Å². The van der Waals surface area contributed by atoms with Crippen molar-refractivity contribution in [1.29, 1.82) is 0 Å². The number of rotatable bonds is 6. The van der Waals surface area contributed by atoms with Crippen LogP contribution in [0.15, 0.2) is 83.8 Å². The summed E-state index contributed by atoms with van der Waals surface area (Å²) in [6.45, 7) is 0. The lowest BCUT2D eigenvalue weighted by molar-refractivity contribution is -0.384. The minimum atomic E-state index is -0.626. The molecular weight excluding hydrogens is 390 g/mol. The fourth-order valence-corrected chi connectivity index (χ4v) is 3.22. The van der Waals surface area contributed by atoms with Crippen LogP contribution in [0, 0.1) is 10.1 Å². The molecule has 0 saturated carbocycles. The molecule has 0 unspecified atom stereocenters. The van der Waals surface area contributed by atoms with Crippen LogP contribution >= 0.6 is 11.8 Å². The van der Waals surface area contributed by atoms with Crippen LogP contribution in [-0.2, 0) is 4.79 Å². The zero-order chi connectivity index (χ0) is 20.6. The molecule has 0 heterocycles. The van der Waals surface area contributed by atoms with Gasteiger partial charge in [-0.25, -0.2) is 0 Å². The number of hydrogen-bond acceptors (Lipinski definition) is 5. The number of benzene rings is 3. The van der Waals surface area contributed by atoms with Gasteiger partial charge in [0.15, 0.2) is 0 Å². The first-order valence-corrected chi connectivity index (χ1v) is 9.63. The third kappa shape index (κ3) is 5.66. The van der Waals surface area contributed by atoms with Crippen molar-refractivity contribution in [2.45, 2.75) is 4.90 Å². The fourth-order valence-electron chi connectivity index (χ4n) is 2.52. The SMILES string of the molecule is O=C(CSc1ccc(-c2ccccc2)cc1)NNC(=O)c1cccc([N+](=O)[O-])c1. The monoisotopic (exact) mass is 407 g/mol. The standard InChI is InChI=1S/C21H17N3O4S/c25-20(22-23-21(26)17-7-4-8-18(13-17)24(27)28)14-29-19-11-9-16(10-12-19)15-5-2-1-3-6-15/h1-13H,14H2,(H,22,25)(H,23,26). The lowest BCUT2D eigenvalue weighted by atomic mass is 10.1. The molecule has 3 aromatic carbocycles. The highest BCUT2D eigenvalue weighted by Crippen LogP contribution is 2.23. The van der Waals surface area contributed by atoms with Crippen LogP contribution in [0.4, 0.5) is 5.69 Å². The van der Waals surface area contributed by atoms with Crippen molar-refractivity contribution in [3.63, 3.8) is 0 Å². The van der Waals surface area contributed by atoms with E-state index in [4.69, 9.17) is 0 Å². The Morgan fingerprint density at radius 1 is 0.862 bits per heavy atom. The molecule has 29 heavy (non-hydrogen) atoms. The van der Waals surface area contributed by atoms with Crippen LogP contribution < -0.4 is 10.9 Å². The molecule has 2 amide bonds. The highest BCUT2D eigenvalue weighted by molar-refractivity contribution is 8.00. The van der Waals surface area contributed by atoms with Crippen LogP contribution in [-0.4, -0.2) is 22.5 Å². The van der Waals surface area contributed by atoms with Crippen LogP contribution in [0.25, 0.3) is 11.1 Å². The summed E-state index contributed by atoms with van der Waals surface area (Å²) in [5.41, 5.74) is 6.66. The van der Waals surface area contributed by atoms with Gasteiger partial charge in [0.25, 0.3) is 11.6 Å². The molecule has 0 aliphatic carbocycles. The molecule has 0 aliphatic heterocycles. The highest BCUT2D eigenvalue weighted by atomic mass is 32.2. The van der Waals surface area contributed by atoms with Gasteiger partial charge in [0.05, 0.1) is 10.7 Å². The molecular formula is C21H17N3O4S. The molecule has 146 valence electrons. The molecule has 3 aromatic rings. The van der Waals surface area contributed by atoms with E-state index in [9.17, 15) is 19.7 Å². The number of carbonyl (C=O) groups is 2. The predicted molar refractivity (Wildman–Crippen MR) is 111 cm³/mol. The Morgan fingerprint density at radius 2 is 1.55 bits per heavy atom. The molecule has 0 saturated heterocycles. The van der Waals surface area contributed by atoms with E-state index in [2.05, 4.69) is 10.9 Å². The Morgan fingerprint density at radius 3 is 2.24 bits per heavy atom. The maximum atomic E-state index is 12.0. The second kappa shape index (κ2) is 9.52. The third-order valence-electron chi connectivity index (χ3n) is 3.97. The second-order valence-electron chi connectivity index (χ2n) is 5.99. The molecule has 0 atom stereocenters. The maximum Gasteiger partial charge on any atom is 0.270 e. The van der Waals surface area contributed by atoms with Gasteiger partial charge in [0.2, 0.25) is 5.91 Å². The van der Waals surface area contributed by atoms with Crippen LogP contribution in [0.1, 0.15) is 10.4 Å². The van der Waals surface area contributed by atoms with E-state index < -0.39 is 10.8 Å². The van der Waals surface area contributed by atoms with E-state index in [1.807, 2.05) is 54.6 Å². The van der Waals surface area contributed by atoms with Crippen LogP contribution in [0.2, 0.25) is 0 Å². The Labute approximate surface area is 171 Å². The molecule has 0 aliphatic rings. The number of amides is 2. The van der Waals surface area contributed by atoms with Crippen molar-refractivity contribution in [3.05, 3.63) is 94.5 Å². The molecule has 2 N–H and O–H groups in total. The highest BCUT2D eigenvalue weighted by Gasteiger charge is 2.12. The van der Waals surface area contributed by atoms with Gasteiger partial charge >= 0.3 is 0 Å². The summed E-state index contributed by atoms with van der Waals surface area (Å²) < 4.78 is 0. The van der Waals surface area contributed by atoms with Crippen molar-refractivity contribution in [3.8, 4) is 11.1 Å². The first kappa shape index (κ1) is 20.1. The first-order valence-electron chi connectivity index (χ1n) is 8.65. The molecule has 3 rings (SSSR count). The van der Waals surface area contributed by atoms with Crippen LogP contribution in [0.3, 0.4) is 0 Å². The summed E-state index contributed by atoms with van der Waals surface area (Å²) in [6, 6.07) is 23.1. The number of nitro groups is 1. The van der Waals surface area contributed by atoms with Crippen molar-refractivity contribution in [1.82, 2.24) is 10.9 Å². The maximum absolute atomic E-state index is 12.0. The minimum Gasteiger partial charge on any atom is -0.272 e. The zero-order valence-electron chi connectivity index (χ0n) is 15.2. The second-order valence-corrected chi connectivity index (χ2v) is 7.04. The number of carbonyl (C=O) groups excluding carboxylic acids is 2. The van der Waals surface area contributed by atoms with E-state index in [0.29, 0.717) is 0 Å². The van der Waals surface area contributed by atoms with E-state index in [0.717, 1.165) is 22.1 Å². The van der Waals surface area contributed by atoms with Gasteiger partial charge in [-0.3, -0.25) is 30.6 Å². The summed E-state index contributed by atoms with van der Waals surface area (Å²) >= 11 is 1.33. The predicted octanol–water partition coefficient (Wildman–Crippen LogP) is 3.82. The smallest absolute Gasteiger partial charge is 0.270 e. The average molecular weight is 407 g/mol. The number of nitrogens with one attached hydrogen (secondary N) is 2.